The highest BCUT2D eigenvalue weighted by molar-refractivity contribution is 7.33. The first-order chi connectivity index (χ1) is 21.6. The third-order valence-corrected chi connectivity index (χ3v) is 14.1. The number of thiophene rings is 4. The predicted octanol–water partition coefficient (Wildman–Crippen LogP) is 11.7. The minimum absolute atomic E-state index is 0.673. The molecule has 0 aliphatic rings. The third kappa shape index (κ3) is 5.12. The van der Waals surface area contributed by atoms with E-state index in [1.165, 1.54) is 29.3 Å². The Hall–Kier alpha value is -4.26. The number of nitrogens with zero attached hydrogens (tertiary/aromatic N) is 4. The van der Waals surface area contributed by atoms with Crippen molar-refractivity contribution in [3.8, 4) is 72.3 Å². The Morgan fingerprint density at radius 3 is 1.05 bits per heavy atom. The minimum Gasteiger partial charge on any atom is -0.222 e. The maximum atomic E-state index is 9.07. The van der Waals surface area contributed by atoms with E-state index in [0.717, 1.165) is 40.6 Å². The summed E-state index contributed by atoms with van der Waals surface area (Å²) in [4.78, 5) is 21.5. The molecule has 2 aromatic carbocycles. The van der Waals surface area contributed by atoms with Gasteiger partial charge in [0, 0.05) is 29.3 Å². The van der Waals surface area contributed by atoms with Crippen LogP contribution in [0, 0.1) is 22.7 Å². The van der Waals surface area contributed by atoms with E-state index in [2.05, 4.69) is 60.7 Å². The zero-order valence-electron chi connectivity index (χ0n) is 22.5. The van der Waals surface area contributed by atoms with Crippen molar-refractivity contribution in [1.29, 1.82) is 10.5 Å². The van der Waals surface area contributed by atoms with Gasteiger partial charge in [-0.05, 0) is 83.9 Å². The van der Waals surface area contributed by atoms with Gasteiger partial charge in [-0.3, -0.25) is 0 Å². The molecule has 0 spiro atoms. The fourth-order valence-electron chi connectivity index (χ4n) is 4.69. The quantitative estimate of drug-likeness (QED) is 0.176. The molecule has 44 heavy (non-hydrogen) atoms. The summed E-state index contributed by atoms with van der Waals surface area (Å²) in [6.07, 6.45) is 0. The number of benzene rings is 2. The van der Waals surface area contributed by atoms with Crippen molar-refractivity contribution in [3.05, 3.63) is 108 Å². The summed E-state index contributed by atoms with van der Waals surface area (Å²) in [5.41, 5.74) is 3.60. The molecule has 0 radical (unpaired) electrons. The molecule has 208 valence electrons. The van der Waals surface area contributed by atoms with Crippen molar-refractivity contribution in [2.45, 2.75) is 0 Å². The molecule has 6 heterocycles. The lowest BCUT2D eigenvalue weighted by atomic mass is 10.1. The van der Waals surface area contributed by atoms with Gasteiger partial charge in [0.2, 0.25) is 0 Å². The van der Waals surface area contributed by atoms with Gasteiger partial charge in [-0.1, -0.05) is 46.9 Å². The first-order valence-electron chi connectivity index (χ1n) is 13.3. The lowest BCUT2D eigenvalue weighted by Crippen LogP contribution is -1.74. The molecule has 8 aromatic rings. The molecule has 4 nitrogen and oxygen atoms in total. The Bertz CT molecular complexity index is 2170. The van der Waals surface area contributed by atoms with Gasteiger partial charge in [-0.15, -0.1) is 45.3 Å². The van der Waals surface area contributed by atoms with Crippen molar-refractivity contribution in [1.82, 2.24) is 9.97 Å². The summed E-state index contributed by atoms with van der Waals surface area (Å²) < 4.78 is 0. The topological polar surface area (TPSA) is 73.4 Å². The van der Waals surface area contributed by atoms with E-state index in [9.17, 15) is 0 Å². The Morgan fingerprint density at radius 1 is 0.364 bits per heavy atom. The molecule has 0 fully saturated rings. The maximum Gasteiger partial charge on any atom is 0.155 e. The van der Waals surface area contributed by atoms with E-state index in [1.54, 1.807) is 68.0 Å². The van der Waals surface area contributed by atoms with Gasteiger partial charge < -0.3 is 0 Å². The van der Waals surface area contributed by atoms with Crippen LogP contribution in [0.15, 0.2) is 97.1 Å². The zero-order chi connectivity index (χ0) is 29.6. The van der Waals surface area contributed by atoms with Crippen LogP contribution in [0.5, 0.6) is 0 Å². The molecule has 8 rings (SSSR count). The third-order valence-electron chi connectivity index (χ3n) is 6.90. The molecular formula is C34H16N4S6. The maximum absolute atomic E-state index is 9.07. The Kier molecular flexibility index (Phi) is 7.04. The Balaban J connectivity index is 0.995. The van der Waals surface area contributed by atoms with Crippen LogP contribution in [0.3, 0.4) is 0 Å². The highest BCUT2D eigenvalue weighted by Crippen LogP contribution is 2.45. The molecule has 0 amide bonds. The molecule has 0 saturated carbocycles. The second kappa shape index (κ2) is 11.3. The lowest BCUT2D eigenvalue weighted by molar-refractivity contribution is 1.49. The standard InChI is InChI=1S/C34H16N4S6/c35-17-19-1-5-21(6-2-19)23-9-11-25(39-23)27-13-15-29(41-27)31-37-33-34(43-31)38-32(44-33)30-16-14-28(42-30)26-12-10-24(40-26)22-7-3-20(18-36)4-8-22/h1-16H. The fourth-order valence-corrected chi connectivity index (χ4v) is 11.1. The number of aromatic nitrogens is 2. The van der Waals surface area contributed by atoms with Crippen molar-refractivity contribution in [3.63, 3.8) is 0 Å². The summed E-state index contributed by atoms with van der Waals surface area (Å²) >= 11 is 10.3. The summed E-state index contributed by atoms with van der Waals surface area (Å²) in [7, 11) is 0. The number of hydrogen-bond acceptors (Lipinski definition) is 10. The largest absolute Gasteiger partial charge is 0.222 e. The van der Waals surface area contributed by atoms with Gasteiger partial charge in [0.05, 0.1) is 33.0 Å². The van der Waals surface area contributed by atoms with E-state index in [1.807, 2.05) is 48.5 Å². The lowest BCUT2D eigenvalue weighted by Gasteiger charge is -1.96. The second-order valence-electron chi connectivity index (χ2n) is 9.68. The van der Waals surface area contributed by atoms with Crippen molar-refractivity contribution in [2.24, 2.45) is 0 Å². The summed E-state index contributed by atoms with van der Waals surface area (Å²) in [5.74, 6) is 0. The van der Waals surface area contributed by atoms with Crippen LogP contribution >= 0.6 is 68.0 Å². The molecule has 0 N–H and O–H groups in total. The molecular weight excluding hydrogens is 657 g/mol. The minimum atomic E-state index is 0.673. The normalized spacial score (nSPS) is 11.1. The van der Waals surface area contributed by atoms with E-state index < -0.39 is 0 Å². The fraction of sp³-hybridized carbons (Fsp3) is 0. The average Bonchev–Trinajstić information content (AvgIpc) is 3.90. The molecule has 0 bridgehead atoms. The molecule has 0 aliphatic carbocycles. The van der Waals surface area contributed by atoms with Gasteiger partial charge in [-0.2, -0.15) is 10.5 Å². The van der Waals surface area contributed by atoms with Crippen LogP contribution in [0.4, 0.5) is 0 Å². The second-order valence-corrected chi connectivity index (χ2v) is 16.0. The molecule has 0 atom stereocenters. The van der Waals surface area contributed by atoms with E-state index in [0.29, 0.717) is 11.1 Å². The number of thiazole rings is 2. The molecule has 0 aliphatic heterocycles. The van der Waals surface area contributed by atoms with E-state index >= 15 is 0 Å². The van der Waals surface area contributed by atoms with Crippen LogP contribution in [0.1, 0.15) is 11.1 Å². The average molecular weight is 673 g/mol. The van der Waals surface area contributed by atoms with E-state index in [4.69, 9.17) is 20.5 Å². The molecule has 0 saturated heterocycles. The number of rotatable bonds is 6. The highest BCUT2D eigenvalue weighted by Gasteiger charge is 2.17. The predicted molar refractivity (Wildman–Crippen MR) is 189 cm³/mol. The van der Waals surface area contributed by atoms with Crippen molar-refractivity contribution >= 4 is 77.7 Å². The Labute approximate surface area is 276 Å². The van der Waals surface area contributed by atoms with Gasteiger partial charge in [0.15, 0.2) is 9.66 Å². The van der Waals surface area contributed by atoms with Gasteiger partial charge in [0.1, 0.15) is 10.0 Å². The van der Waals surface area contributed by atoms with Crippen LogP contribution in [0.25, 0.3) is 69.8 Å². The highest BCUT2D eigenvalue weighted by atomic mass is 32.1. The number of fused-ring (bicyclic) bond motifs is 1. The summed E-state index contributed by atoms with van der Waals surface area (Å²) in [6, 6.07) is 37.1. The Morgan fingerprint density at radius 2 is 0.682 bits per heavy atom. The van der Waals surface area contributed by atoms with Gasteiger partial charge in [-0.25, -0.2) is 9.97 Å². The van der Waals surface area contributed by atoms with Gasteiger partial charge in [0.25, 0.3) is 0 Å². The summed E-state index contributed by atoms with van der Waals surface area (Å²) in [6.45, 7) is 0. The first kappa shape index (κ1) is 27.3. The van der Waals surface area contributed by atoms with Crippen LogP contribution in [-0.4, -0.2) is 9.97 Å². The SMILES string of the molecule is N#Cc1ccc(-c2ccc(-c3ccc(-c4nc5sc(-c6ccc(-c7ccc(-c8ccc(C#N)cc8)s7)s6)nc5s4)s3)s2)cc1. The molecule has 10 heteroatoms. The zero-order valence-corrected chi connectivity index (χ0v) is 27.4. The smallest absolute Gasteiger partial charge is 0.155 e. The van der Waals surface area contributed by atoms with Crippen molar-refractivity contribution < 1.29 is 0 Å². The molecule has 6 aromatic heterocycles. The first-order valence-corrected chi connectivity index (χ1v) is 18.2. The van der Waals surface area contributed by atoms with Crippen LogP contribution in [0.2, 0.25) is 0 Å². The van der Waals surface area contributed by atoms with Gasteiger partial charge >= 0.3 is 0 Å². The molecule has 0 unspecified atom stereocenters. The number of hydrogen-bond donors (Lipinski definition) is 0. The van der Waals surface area contributed by atoms with Crippen molar-refractivity contribution in [2.75, 3.05) is 0 Å². The van der Waals surface area contributed by atoms with Crippen LogP contribution in [-0.2, 0) is 0 Å². The monoisotopic (exact) mass is 672 g/mol. The number of nitriles is 2. The van der Waals surface area contributed by atoms with Crippen LogP contribution < -0.4 is 0 Å². The van der Waals surface area contributed by atoms with E-state index in [-0.39, 0.29) is 0 Å². The summed E-state index contributed by atoms with van der Waals surface area (Å²) in [5, 5.41) is 20.2.